The molecule has 0 aliphatic heterocycles. The Labute approximate surface area is 149 Å². The van der Waals surface area contributed by atoms with Crippen molar-refractivity contribution in [2.45, 2.75) is 6.61 Å². The van der Waals surface area contributed by atoms with Gasteiger partial charge in [-0.05, 0) is 29.8 Å². The summed E-state index contributed by atoms with van der Waals surface area (Å²) in [5.41, 5.74) is 2.65. The maximum absolute atomic E-state index is 12.4. The molecule has 0 bridgehead atoms. The minimum Gasteiger partial charge on any atom is -0.505 e. The predicted molar refractivity (Wildman–Crippen MR) is 96.1 cm³/mol. The molecule has 6 nitrogen and oxygen atoms in total. The Morgan fingerprint density at radius 1 is 0.885 bits per heavy atom. The highest BCUT2D eigenvalue weighted by Gasteiger charge is 2.18. The molecule has 0 saturated heterocycles. The van der Waals surface area contributed by atoms with Gasteiger partial charge in [0.15, 0.2) is 5.75 Å². The van der Waals surface area contributed by atoms with Crippen molar-refractivity contribution in [2.75, 3.05) is 0 Å². The molecule has 1 N–H and O–H groups in total. The minimum atomic E-state index is -0.607. The summed E-state index contributed by atoms with van der Waals surface area (Å²) in [4.78, 5) is 13.7. The summed E-state index contributed by atoms with van der Waals surface area (Å²) in [6, 6.07) is 21.5. The van der Waals surface area contributed by atoms with E-state index in [9.17, 15) is 9.90 Å². The molecular formula is C20H15N3O3. The molecule has 0 aliphatic carbocycles. The monoisotopic (exact) mass is 345 g/mol. The van der Waals surface area contributed by atoms with Crippen molar-refractivity contribution >= 4 is 17.0 Å². The van der Waals surface area contributed by atoms with Gasteiger partial charge in [0.2, 0.25) is 0 Å². The van der Waals surface area contributed by atoms with Crippen LogP contribution in [0.4, 0.5) is 0 Å². The molecule has 6 heteroatoms. The summed E-state index contributed by atoms with van der Waals surface area (Å²) >= 11 is 0. The van der Waals surface area contributed by atoms with Gasteiger partial charge in [0.1, 0.15) is 28.9 Å². The number of hydrogen-bond donors (Lipinski definition) is 1. The molecule has 1 heterocycles. The van der Waals surface area contributed by atoms with Crippen LogP contribution in [0.15, 0.2) is 72.8 Å². The third-order valence-corrected chi connectivity index (χ3v) is 3.95. The number of rotatable bonds is 4. The van der Waals surface area contributed by atoms with Crippen molar-refractivity contribution in [2.24, 2.45) is 0 Å². The van der Waals surface area contributed by atoms with Crippen molar-refractivity contribution in [1.29, 1.82) is 0 Å². The lowest BCUT2D eigenvalue weighted by Crippen LogP contribution is -2.08. The Balaban J connectivity index is 1.62. The van der Waals surface area contributed by atoms with Crippen molar-refractivity contribution in [1.82, 2.24) is 15.0 Å². The van der Waals surface area contributed by atoms with Gasteiger partial charge < -0.3 is 9.84 Å². The van der Waals surface area contributed by atoms with Crippen LogP contribution in [-0.4, -0.2) is 26.1 Å². The van der Waals surface area contributed by atoms with E-state index in [1.807, 2.05) is 54.6 Å². The predicted octanol–water partition coefficient (Wildman–Crippen LogP) is 3.48. The molecule has 0 radical (unpaired) electrons. The van der Waals surface area contributed by atoms with Crippen molar-refractivity contribution < 1.29 is 14.6 Å². The van der Waals surface area contributed by atoms with Gasteiger partial charge in [-0.2, -0.15) is 0 Å². The van der Waals surface area contributed by atoms with Crippen LogP contribution in [0.25, 0.3) is 16.7 Å². The fraction of sp³-hybridized carbons (Fsp3) is 0.0500. The summed E-state index contributed by atoms with van der Waals surface area (Å²) < 4.78 is 5.30. The molecule has 1 aromatic heterocycles. The molecular weight excluding hydrogens is 330 g/mol. The summed E-state index contributed by atoms with van der Waals surface area (Å²) in [6.45, 7) is 0.132. The topological polar surface area (TPSA) is 77.2 Å². The van der Waals surface area contributed by atoms with Crippen LogP contribution in [-0.2, 0) is 11.3 Å². The van der Waals surface area contributed by atoms with Crippen molar-refractivity contribution in [3.63, 3.8) is 0 Å². The second-order valence-electron chi connectivity index (χ2n) is 5.71. The van der Waals surface area contributed by atoms with Crippen LogP contribution < -0.4 is 0 Å². The van der Waals surface area contributed by atoms with Crippen LogP contribution in [0.1, 0.15) is 15.9 Å². The quantitative estimate of drug-likeness (QED) is 0.573. The van der Waals surface area contributed by atoms with E-state index in [4.69, 9.17) is 4.74 Å². The average Bonchev–Trinajstić information content (AvgIpc) is 3.11. The average molecular weight is 345 g/mol. The summed E-state index contributed by atoms with van der Waals surface area (Å²) in [6.07, 6.45) is 0. The van der Waals surface area contributed by atoms with E-state index in [1.165, 1.54) is 10.9 Å². The number of carbonyl (C=O) groups excluding carboxylic acids is 1. The normalized spacial score (nSPS) is 10.8. The summed E-state index contributed by atoms with van der Waals surface area (Å²) in [5, 5.41) is 19.2. The maximum atomic E-state index is 12.4. The van der Waals surface area contributed by atoms with E-state index in [0.29, 0.717) is 16.7 Å². The molecule has 4 aromatic rings. The number of fused-ring (bicyclic) bond motifs is 1. The summed E-state index contributed by atoms with van der Waals surface area (Å²) in [7, 11) is 0. The van der Waals surface area contributed by atoms with Gasteiger partial charge in [-0.1, -0.05) is 48.5 Å². The first-order valence-electron chi connectivity index (χ1n) is 8.08. The number of phenols is 1. The second-order valence-corrected chi connectivity index (χ2v) is 5.71. The molecule has 4 rings (SSSR count). The fourth-order valence-corrected chi connectivity index (χ4v) is 2.63. The number of ether oxygens (including phenoxy) is 1. The van der Waals surface area contributed by atoms with Gasteiger partial charge >= 0.3 is 5.97 Å². The molecule has 0 aliphatic rings. The number of phenolic OH excluding ortho intramolecular Hbond substituents is 1. The van der Waals surface area contributed by atoms with E-state index in [1.54, 1.807) is 12.1 Å². The first-order valence-corrected chi connectivity index (χ1v) is 8.08. The smallest absolute Gasteiger partial charge is 0.342 e. The first kappa shape index (κ1) is 15.8. The zero-order chi connectivity index (χ0) is 17.9. The van der Waals surface area contributed by atoms with E-state index in [2.05, 4.69) is 10.2 Å². The molecule has 0 fully saturated rings. The van der Waals surface area contributed by atoms with E-state index < -0.39 is 5.97 Å². The molecule has 0 unspecified atom stereocenters. The molecule has 0 amide bonds. The third-order valence-electron chi connectivity index (χ3n) is 3.95. The molecule has 0 atom stereocenters. The lowest BCUT2D eigenvalue weighted by Gasteiger charge is -2.09. The second kappa shape index (κ2) is 6.68. The van der Waals surface area contributed by atoms with E-state index in [0.717, 1.165) is 5.56 Å². The molecule has 128 valence electrons. The molecule has 0 saturated carbocycles. The van der Waals surface area contributed by atoms with Gasteiger partial charge in [-0.15, -0.1) is 15.0 Å². The number of aromatic nitrogens is 3. The number of hydrogen-bond acceptors (Lipinski definition) is 5. The van der Waals surface area contributed by atoms with Gasteiger partial charge in [0.05, 0.1) is 0 Å². The van der Waals surface area contributed by atoms with Crippen LogP contribution in [0, 0.1) is 0 Å². The van der Waals surface area contributed by atoms with Gasteiger partial charge in [0.25, 0.3) is 0 Å². The highest BCUT2D eigenvalue weighted by molar-refractivity contribution is 5.93. The van der Waals surface area contributed by atoms with Gasteiger partial charge in [-0.25, -0.2) is 4.79 Å². The molecule has 26 heavy (non-hydrogen) atoms. The lowest BCUT2D eigenvalue weighted by atomic mass is 10.1. The highest BCUT2D eigenvalue weighted by Crippen LogP contribution is 2.27. The fourth-order valence-electron chi connectivity index (χ4n) is 2.63. The van der Waals surface area contributed by atoms with Crippen LogP contribution >= 0.6 is 0 Å². The number of aromatic hydroxyl groups is 1. The Kier molecular flexibility index (Phi) is 4.07. The van der Waals surface area contributed by atoms with Gasteiger partial charge in [0, 0.05) is 0 Å². The van der Waals surface area contributed by atoms with E-state index in [-0.39, 0.29) is 17.9 Å². The first-order chi connectivity index (χ1) is 12.7. The molecule has 0 spiro atoms. The highest BCUT2D eigenvalue weighted by atomic mass is 16.5. The minimum absolute atomic E-state index is 0.0692. The third kappa shape index (κ3) is 3.00. The zero-order valence-electron chi connectivity index (χ0n) is 13.7. The van der Waals surface area contributed by atoms with Crippen molar-refractivity contribution in [3.8, 4) is 11.4 Å². The number of esters is 1. The Hall–Kier alpha value is -3.67. The summed E-state index contributed by atoms with van der Waals surface area (Å²) in [5.74, 6) is -0.823. The van der Waals surface area contributed by atoms with E-state index >= 15 is 0 Å². The molecule has 3 aromatic carbocycles. The Bertz CT molecular complexity index is 1040. The standard InChI is InChI=1S/C20H15N3O3/c24-19-15(20(25)26-13-14-7-2-1-3-8-14)9-6-12-18(19)23-21-16-10-4-5-11-17(16)22-23/h1-12,24H,13H2. The largest absolute Gasteiger partial charge is 0.505 e. The zero-order valence-corrected chi connectivity index (χ0v) is 13.7. The van der Waals surface area contributed by atoms with Crippen molar-refractivity contribution in [3.05, 3.63) is 83.9 Å². The number of benzene rings is 3. The van der Waals surface area contributed by atoms with Crippen LogP contribution in [0.5, 0.6) is 5.75 Å². The maximum Gasteiger partial charge on any atom is 0.342 e. The van der Waals surface area contributed by atoms with Gasteiger partial charge in [-0.3, -0.25) is 0 Å². The number of para-hydroxylation sites is 1. The Morgan fingerprint density at radius 3 is 2.23 bits per heavy atom. The number of nitrogens with zero attached hydrogens (tertiary/aromatic N) is 3. The lowest BCUT2D eigenvalue weighted by molar-refractivity contribution is 0.0469. The van der Waals surface area contributed by atoms with Crippen LogP contribution in [0.2, 0.25) is 0 Å². The van der Waals surface area contributed by atoms with Crippen LogP contribution in [0.3, 0.4) is 0 Å². The SMILES string of the molecule is O=C(OCc1ccccc1)c1cccc(-n2nc3ccccc3n2)c1O. The number of carbonyl (C=O) groups is 1. The Morgan fingerprint density at radius 2 is 1.54 bits per heavy atom.